The first kappa shape index (κ1) is 24.0. The number of amides is 1. The Morgan fingerprint density at radius 1 is 1.25 bits per heavy atom. The van der Waals surface area contributed by atoms with Crippen molar-refractivity contribution in [2.24, 2.45) is 0 Å². The van der Waals surface area contributed by atoms with Gasteiger partial charge in [-0.25, -0.2) is 9.97 Å². The molecule has 0 saturated heterocycles. The fraction of sp³-hybridized carbons (Fsp3) is 0.261. The summed E-state index contributed by atoms with van der Waals surface area (Å²) in [6.07, 6.45) is 7.14. The highest BCUT2D eigenvalue weighted by molar-refractivity contribution is 7.22. The van der Waals surface area contributed by atoms with E-state index in [-0.39, 0.29) is 18.3 Å². The van der Waals surface area contributed by atoms with Crippen LogP contribution in [0.3, 0.4) is 0 Å². The number of fused-ring (bicyclic) bond motifs is 1. The number of aryl methyl sites for hydroxylation is 2. The van der Waals surface area contributed by atoms with E-state index in [1.165, 1.54) is 16.9 Å². The number of halogens is 2. The molecule has 2 aromatic heterocycles. The molecule has 9 heteroatoms. The molecule has 0 spiro atoms. The Kier molecular flexibility index (Phi) is 8.12. The van der Waals surface area contributed by atoms with E-state index in [1.54, 1.807) is 42.7 Å². The van der Waals surface area contributed by atoms with E-state index in [9.17, 15) is 4.79 Å². The van der Waals surface area contributed by atoms with Gasteiger partial charge >= 0.3 is 0 Å². The molecule has 1 amide bonds. The van der Waals surface area contributed by atoms with E-state index in [0.29, 0.717) is 28.0 Å². The van der Waals surface area contributed by atoms with Crippen molar-refractivity contribution in [3.05, 3.63) is 71.3 Å². The van der Waals surface area contributed by atoms with E-state index in [4.69, 9.17) is 21.3 Å². The molecule has 0 atom stereocenters. The number of carbonyl (C=O) groups is 1. The van der Waals surface area contributed by atoms with Crippen LogP contribution in [0.2, 0.25) is 5.02 Å². The third-order valence-corrected chi connectivity index (χ3v) is 6.35. The van der Waals surface area contributed by atoms with Crippen LogP contribution in [0.15, 0.2) is 55.1 Å². The number of ether oxygens (including phenoxy) is 1. The van der Waals surface area contributed by atoms with Crippen molar-refractivity contribution >= 4 is 56.6 Å². The summed E-state index contributed by atoms with van der Waals surface area (Å²) in [7, 11) is 1.55. The third-order valence-electron chi connectivity index (χ3n) is 5.08. The van der Waals surface area contributed by atoms with Crippen LogP contribution in [-0.2, 0) is 13.0 Å². The van der Waals surface area contributed by atoms with Crippen LogP contribution >= 0.6 is 35.3 Å². The highest BCUT2D eigenvalue weighted by atomic mass is 35.5. The van der Waals surface area contributed by atoms with Crippen molar-refractivity contribution in [2.75, 3.05) is 18.6 Å². The zero-order valence-electron chi connectivity index (χ0n) is 17.8. The van der Waals surface area contributed by atoms with Gasteiger partial charge in [-0.2, -0.15) is 0 Å². The number of carbonyl (C=O) groups excluding carboxylic acids is 1. The molecule has 0 aliphatic carbocycles. The van der Waals surface area contributed by atoms with Crippen LogP contribution in [-0.4, -0.2) is 34.1 Å². The molecule has 0 saturated carbocycles. The van der Waals surface area contributed by atoms with Gasteiger partial charge in [0.2, 0.25) is 0 Å². The number of nitrogens with zero attached hydrogens (tertiary/aromatic N) is 4. The SMILES string of the molecule is CCc1ccc2nc(N(CCCn3ccnc3)C(=O)c3cc(Cl)ccc3OC)sc2c1.Cl. The second-order valence-corrected chi connectivity index (χ2v) is 8.55. The van der Waals surface area contributed by atoms with Gasteiger partial charge < -0.3 is 9.30 Å². The van der Waals surface area contributed by atoms with Crippen molar-refractivity contribution in [1.82, 2.24) is 14.5 Å². The maximum atomic E-state index is 13.6. The van der Waals surface area contributed by atoms with Crippen LogP contribution in [0.1, 0.15) is 29.3 Å². The lowest BCUT2D eigenvalue weighted by atomic mass is 10.1. The number of imidazole rings is 1. The fourth-order valence-electron chi connectivity index (χ4n) is 3.40. The minimum absolute atomic E-state index is 0. The summed E-state index contributed by atoms with van der Waals surface area (Å²) < 4.78 is 8.49. The number of anilines is 1. The fourth-order valence-corrected chi connectivity index (χ4v) is 4.63. The van der Waals surface area contributed by atoms with Gasteiger partial charge in [0.25, 0.3) is 5.91 Å². The lowest BCUT2D eigenvalue weighted by molar-refractivity contribution is 0.0983. The van der Waals surface area contributed by atoms with Gasteiger partial charge in [0.05, 0.1) is 29.2 Å². The first-order valence-corrected chi connectivity index (χ1v) is 11.3. The number of rotatable bonds is 8. The highest BCUT2D eigenvalue weighted by Crippen LogP contribution is 2.32. The summed E-state index contributed by atoms with van der Waals surface area (Å²) in [5.74, 6) is 0.308. The standard InChI is InChI=1S/C23H23ClN4O2S.ClH/c1-3-16-5-7-19-21(13-16)31-23(26-19)28(11-4-10-27-12-9-25-15-27)22(29)18-14-17(24)6-8-20(18)30-2;/h5-9,12-15H,3-4,10-11H2,1-2H3;1H. The topological polar surface area (TPSA) is 60.2 Å². The molecule has 168 valence electrons. The smallest absolute Gasteiger partial charge is 0.263 e. The molecular formula is C23H24Cl2N4O2S. The quantitative estimate of drug-likeness (QED) is 0.309. The minimum Gasteiger partial charge on any atom is -0.496 e. The minimum atomic E-state index is -0.181. The molecule has 6 nitrogen and oxygen atoms in total. The Labute approximate surface area is 202 Å². The van der Waals surface area contributed by atoms with E-state index < -0.39 is 0 Å². The molecule has 32 heavy (non-hydrogen) atoms. The molecular weight excluding hydrogens is 467 g/mol. The second-order valence-electron chi connectivity index (χ2n) is 7.11. The van der Waals surface area contributed by atoms with Gasteiger partial charge in [-0.3, -0.25) is 9.69 Å². The third kappa shape index (κ3) is 5.23. The zero-order chi connectivity index (χ0) is 21.8. The Bertz CT molecular complexity index is 1190. The van der Waals surface area contributed by atoms with Crippen LogP contribution in [0.5, 0.6) is 5.75 Å². The summed E-state index contributed by atoms with van der Waals surface area (Å²) in [5, 5.41) is 1.15. The highest BCUT2D eigenvalue weighted by Gasteiger charge is 2.24. The molecule has 0 N–H and O–H groups in total. The maximum Gasteiger partial charge on any atom is 0.263 e. The van der Waals surface area contributed by atoms with Crippen LogP contribution in [0.4, 0.5) is 5.13 Å². The molecule has 2 aromatic carbocycles. The van der Waals surface area contributed by atoms with Gasteiger partial charge in [-0.1, -0.05) is 35.9 Å². The predicted molar refractivity (Wildman–Crippen MR) is 133 cm³/mol. The number of thiazole rings is 1. The maximum absolute atomic E-state index is 13.6. The van der Waals surface area contributed by atoms with Gasteiger partial charge in [-0.05, 0) is 48.7 Å². The van der Waals surface area contributed by atoms with Crippen molar-refractivity contribution in [1.29, 1.82) is 0 Å². The lowest BCUT2D eigenvalue weighted by Crippen LogP contribution is -2.32. The van der Waals surface area contributed by atoms with Crippen molar-refractivity contribution in [3.63, 3.8) is 0 Å². The van der Waals surface area contributed by atoms with Crippen molar-refractivity contribution < 1.29 is 9.53 Å². The second kappa shape index (κ2) is 10.8. The largest absolute Gasteiger partial charge is 0.496 e. The Morgan fingerprint density at radius 3 is 2.81 bits per heavy atom. The normalized spacial score (nSPS) is 10.7. The Hall–Kier alpha value is -2.61. The summed E-state index contributed by atoms with van der Waals surface area (Å²) in [4.78, 5) is 24.2. The number of aromatic nitrogens is 3. The van der Waals surface area contributed by atoms with Gasteiger partial charge in [0.1, 0.15) is 5.75 Å². The molecule has 0 bridgehead atoms. The molecule has 0 aliphatic rings. The summed E-state index contributed by atoms with van der Waals surface area (Å²) in [6, 6.07) is 11.3. The molecule has 4 rings (SSSR count). The molecule has 4 aromatic rings. The molecule has 0 aliphatic heterocycles. The Balaban J connectivity index is 0.00000289. The molecule has 2 heterocycles. The monoisotopic (exact) mass is 490 g/mol. The van der Waals surface area contributed by atoms with Gasteiger partial charge in [-0.15, -0.1) is 12.4 Å². The van der Waals surface area contributed by atoms with E-state index in [1.807, 2.05) is 16.8 Å². The predicted octanol–water partition coefficient (Wildman–Crippen LogP) is 5.88. The summed E-state index contributed by atoms with van der Waals surface area (Å²) >= 11 is 7.71. The van der Waals surface area contributed by atoms with Gasteiger partial charge in [0, 0.05) is 30.5 Å². The van der Waals surface area contributed by atoms with E-state index >= 15 is 0 Å². The summed E-state index contributed by atoms with van der Waals surface area (Å²) in [6.45, 7) is 3.38. The van der Waals surface area contributed by atoms with Crippen molar-refractivity contribution in [2.45, 2.75) is 26.3 Å². The van der Waals surface area contributed by atoms with Crippen LogP contribution < -0.4 is 9.64 Å². The van der Waals surface area contributed by atoms with E-state index in [0.717, 1.165) is 29.6 Å². The number of hydrogen-bond donors (Lipinski definition) is 0. The molecule has 0 fully saturated rings. The lowest BCUT2D eigenvalue weighted by Gasteiger charge is -2.21. The Morgan fingerprint density at radius 2 is 2.09 bits per heavy atom. The first-order valence-electron chi connectivity index (χ1n) is 10.1. The van der Waals surface area contributed by atoms with Gasteiger partial charge in [0.15, 0.2) is 5.13 Å². The number of hydrogen-bond acceptors (Lipinski definition) is 5. The zero-order valence-corrected chi connectivity index (χ0v) is 20.2. The first-order chi connectivity index (χ1) is 15.1. The average Bonchev–Trinajstić information content (AvgIpc) is 3.45. The number of benzene rings is 2. The number of methoxy groups -OCH3 is 1. The van der Waals surface area contributed by atoms with Crippen LogP contribution in [0.25, 0.3) is 10.2 Å². The van der Waals surface area contributed by atoms with Crippen LogP contribution in [0, 0.1) is 0 Å². The molecule has 0 radical (unpaired) electrons. The van der Waals surface area contributed by atoms with Crippen molar-refractivity contribution in [3.8, 4) is 5.75 Å². The molecule has 0 unspecified atom stereocenters. The average molecular weight is 491 g/mol. The summed E-state index contributed by atoms with van der Waals surface area (Å²) in [5.41, 5.74) is 2.56. The van der Waals surface area contributed by atoms with E-state index in [2.05, 4.69) is 24.0 Å².